The van der Waals surface area contributed by atoms with Crippen molar-refractivity contribution in [2.45, 2.75) is 19.9 Å². The average molecular weight is 364 g/mol. The lowest BCUT2D eigenvalue weighted by Crippen LogP contribution is -2.47. The molecule has 2 aromatic rings. The van der Waals surface area contributed by atoms with E-state index in [2.05, 4.69) is 21.2 Å². The van der Waals surface area contributed by atoms with Crippen LogP contribution in [0.15, 0.2) is 23.6 Å². The highest BCUT2D eigenvalue weighted by molar-refractivity contribution is 7.80. The van der Waals surface area contributed by atoms with E-state index < -0.39 is 0 Å². The summed E-state index contributed by atoms with van der Waals surface area (Å²) in [7, 11) is 0. The zero-order valence-corrected chi connectivity index (χ0v) is 14.6. The maximum atomic E-state index is 11.8. The lowest BCUT2D eigenvalue weighted by atomic mass is 10.2. The Balaban J connectivity index is 1.40. The van der Waals surface area contributed by atoms with Crippen molar-refractivity contribution in [3.8, 4) is 11.5 Å². The van der Waals surface area contributed by atoms with Crippen molar-refractivity contribution in [3.63, 3.8) is 0 Å². The van der Waals surface area contributed by atoms with Crippen molar-refractivity contribution in [1.29, 1.82) is 0 Å². The summed E-state index contributed by atoms with van der Waals surface area (Å²) in [6.45, 7) is 2.65. The fourth-order valence-corrected chi connectivity index (χ4v) is 2.84. The van der Waals surface area contributed by atoms with Crippen molar-refractivity contribution >= 4 is 34.6 Å². The van der Waals surface area contributed by atoms with Crippen LogP contribution in [0, 0.1) is 6.92 Å². The third-order valence-corrected chi connectivity index (χ3v) is 4.28. The Labute approximate surface area is 148 Å². The van der Waals surface area contributed by atoms with E-state index in [9.17, 15) is 4.79 Å². The molecule has 9 heteroatoms. The Bertz CT molecular complexity index is 763. The van der Waals surface area contributed by atoms with Gasteiger partial charge in [0.15, 0.2) is 16.6 Å². The van der Waals surface area contributed by atoms with Crippen LogP contribution >= 0.6 is 23.6 Å². The average Bonchev–Trinajstić information content (AvgIpc) is 3.19. The second-order valence-electron chi connectivity index (χ2n) is 5.08. The number of carbonyl (C=O) groups excluding carboxylic acids is 1. The molecule has 7 nitrogen and oxygen atoms in total. The van der Waals surface area contributed by atoms with Gasteiger partial charge in [0.1, 0.15) is 0 Å². The van der Waals surface area contributed by atoms with E-state index in [4.69, 9.17) is 21.7 Å². The largest absolute Gasteiger partial charge is 0.454 e. The van der Waals surface area contributed by atoms with E-state index in [1.54, 1.807) is 0 Å². The predicted octanol–water partition coefficient (Wildman–Crippen LogP) is 1.42. The van der Waals surface area contributed by atoms with Crippen LogP contribution in [0.3, 0.4) is 0 Å². The number of carbonyl (C=O) groups is 1. The molecule has 3 rings (SSSR count). The molecule has 1 aliphatic rings. The van der Waals surface area contributed by atoms with Gasteiger partial charge in [-0.3, -0.25) is 15.6 Å². The summed E-state index contributed by atoms with van der Waals surface area (Å²) < 4.78 is 10.6. The number of hydrogen-bond donors (Lipinski definition) is 3. The first-order valence-electron chi connectivity index (χ1n) is 7.22. The molecule has 24 heavy (non-hydrogen) atoms. The number of amides is 1. The molecule has 0 radical (unpaired) electrons. The minimum absolute atomic E-state index is 0.201. The Morgan fingerprint density at radius 2 is 2.17 bits per heavy atom. The summed E-state index contributed by atoms with van der Waals surface area (Å²) in [5.74, 6) is 1.26. The molecule has 0 saturated carbocycles. The highest BCUT2D eigenvalue weighted by Crippen LogP contribution is 2.32. The van der Waals surface area contributed by atoms with Crippen LogP contribution in [0.5, 0.6) is 11.5 Å². The van der Waals surface area contributed by atoms with Gasteiger partial charge in [0, 0.05) is 11.9 Å². The van der Waals surface area contributed by atoms with E-state index in [0.717, 1.165) is 27.8 Å². The van der Waals surface area contributed by atoms with E-state index in [-0.39, 0.29) is 19.1 Å². The highest BCUT2D eigenvalue weighted by atomic mass is 32.1. The van der Waals surface area contributed by atoms with Gasteiger partial charge in [-0.2, -0.15) is 0 Å². The fraction of sp³-hybridized carbons (Fsp3) is 0.267. The topological polar surface area (TPSA) is 84.5 Å². The molecule has 3 N–H and O–H groups in total. The fourth-order valence-electron chi connectivity index (χ4n) is 2.10. The summed E-state index contributed by atoms with van der Waals surface area (Å²) in [4.78, 5) is 16.0. The van der Waals surface area contributed by atoms with Crippen LogP contribution < -0.4 is 25.6 Å². The number of nitrogens with zero attached hydrogens (tertiary/aromatic N) is 1. The molecule has 0 fully saturated rings. The van der Waals surface area contributed by atoms with Crippen molar-refractivity contribution in [1.82, 2.24) is 21.2 Å². The second kappa shape index (κ2) is 7.45. The Morgan fingerprint density at radius 3 is 2.96 bits per heavy atom. The molecule has 0 aliphatic carbocycles. The molecule has 1 amide bonds. The molecule has 0 saturated heterocycles. The lowest BCUT2D eigenvalue weighted by molar-refractivity contribution is -0.121. The van der Waals surface area contributed by atoms with Crippen molar-refractivity contribution < 1.29 is 14.3 Å². The normalized spacial score (nSPS) is 11.9. The van der Waals surface area contributed by atoms with Gasteiger partial charge in [-0.15, -0.1) is 11.3 Å². The number of ether oxygens (including phenoxy) is 2. The smallest absolute Gasteiger partial charge is 0.244 e. The third kappa shape index (κ3) is 4.33. The van der Waals surface area contributed by atoms with Crippen molar-refractivity contribution in [2.75, 3.05) is 6.79 Å². The number of thiazole rings is 1. The van der Waals surface area contributed by atoms with Crippen LogP contribution in [0.25, 0.3) is 0 Å². The van der Waals surface area contributed by atoms with Gasteiger partial charge < -0.3 is 14.8 Å². The molecule has 0 unspecified atom stereocenters. The number of nitrogens with one attached hydrogen (secondary N) is 3. The Kier molecular flexibility index (Phi) is 5.11. The van der Waals surface area contributed by atoms with E-state index in [1.165, 1.54) is 11.3 Å². The summed E-state index contributed by atoms with van der Waals surface area (Å²) in [5, 5.41) is 6.14. The lowest BCUT2D eigenvalue weighted by Gasteiger charge is -2.11. The van der Waals surface area contributed by atoms with Gasteiger partial charge in [0.2, 0.25) is 12.7 Å². The molecule has 1 aliphatic heterocycles. The number of rotatable bonds is 4. The number of aromatic nitrogens is 1. The number of hydrogen-bond acceptors (Lipinski definition) is 6. The Morgan fingerprint density at radius 1 is 1.33 bits per heavy atom. The first-order valence-corrected chi connectivity index (χ1v) is 8.51. The van der Waals surface area contributed by atoms with E-state index >= 15 is 0 Å². The molecule has 0 bridgehead atoms. The van der Waals surface area contributed by atoms with Crippen LogP contribution in [0.1, 0.15) is 16.3 Å². The molecule has 1 aromatic carbocycles. The molecule has 1 aromatic heterocycles. The van der Waals surface area contributed by atoms with Gasteiger partial charge >= 0.3 is 0 Å². The first kappa shape index (κ1) is 16.5. The number of thiocarbonyl (C=S) groups is 1. The first-order chi connectivity index (χ1) is 11.6. The quantitative estimate of drug-likeness (QED) is 0.559. The Hall–Kier alpha value is -2.39. The zero-order chi connectivity index (χ0) is 16.9. The molecule has 0 atom stereocenters. The third-order valence-electron chi connectivity index (χ3n) is 3.21. The minimum atomic E-state index is -0.201. The predicted molar refractivity (Wildman–Crippen MR) is 93.8 cm³/mol. The van der Waals surface area contributed by atoms with E-state index in [0.29, 0.717) is 11.7 Å². The van der Waals surface area contributed by atoms with Gasteiger partial charge in [-0.05, 0) is 36.8 Å². The SMILES string of the molecule is Cc1nc(CC(=O)NNC(=S)NCc2ccc3c(c2)OCO3)cs1. The zero-order valence-electron chi connectivity index (χ0n) is 12.9. The van der Waals surface area contributed by atoms with Crippen LogP contribution in [0.2, 0.25) is 0 Å². The molecule has 2 heterocycles. The highest BCUT2D eigenvalue weighted by Gasteiger charge is 2.13. The summed E-state index contributed by atoms with van der Waals surface area (Å²) in [6, 6.07) is 5.67. The maximum absolute atomic E-state index is 11.8. The maximum Gasteiger partial charge on any atom is 0.244 e. The standard InChI is InChI=1S/C15H16N4O3S2/c1-9-17-11(7-24-9)5-14(20)18-19-15(23)16-6-10-2-3-12-13(4-10)22-8-21-12/h2-4,7H,5-6,8H2,1H3,(H,18,20)(H2,16,19,23). The van der Waals surface area contributed by atoms with Gasteiger partial charge in [-0.25, -0.2) is 4.98 Å². The van der Waals surface area contributed by atoms with Crippen molar-refractivity contribution in [3.05, 3.63) is 39.8 Å². The number of benzene rings is 1. The summed E-state index contributed by atoms with van der Waals surface area (Å²) in [5.41, 5.74) is 6.96. The molecule has 126 valence electrons. The summed E-state index contributed by atoms with van der Waals surface area (Å²) >= 11 is 6.65. The van der Waals surface area contributed by atoms with E-state index in [1.807, 2.05) is 30.5 Å². The number of fused-ring (bicyclic) bond motifs is 1. The number of hydrazine groups is 1. The van der Waals surface area contributed by atoms with Gasteiger partial charge in [-0.1, -0.05) is 6.07 Å². The van der Waals surface area contributed by atoms with Gasteiger partial charge in [0.05, 0.1) is 17.1 Å². The van der Waals surface area contributed by atoms with Gasteiger partial charge in [0.25, 0.3) is 0 Å². The van der Waals surface area contributed by atoms with Crippen molar-refractivity contribution in [2.24, 2.45) is 0 Å². The van der Waals surface area contributed by atoms with Crippen LogP contribution in [-0.2, 0) is 17.8 Å². The monoisotopic (exact) mass is 364 g/mol. The molecule has 0 spiro atoms. The molecular formula is C15H16N4O3S2. The number of aryl methyl sites for hydroxylation is 1. The minimum Gasteiger partial charge on any atom is -0.454 e. The van der Waals surface area contributed by atoms with Crippen LogP contribution in [0.4, 0.5) is 0 Å². The molecular weight excluding hydrogens is 348 g/mol. The van der Waals surface area contributed by atoms with Crippen LogP contribution in [-0.4, -0.2) is 22.8 Å². The second-order valence-corrected chi connectivity index (χ2v) is 6.55. The summed E-state index contributed by atoms with van der Waals surface area (Å²) in [6.07, 6.45) is 0.210.